The van der Waals surface area contributed by atoms with E-state index in [4.69, 9.17) is 9.47 Å². The Kier molecular flexibility index (Phi) is 10.7. The number of hydrogen-bond donors (Lipinski definition) is 2. The van der Waals surface area contributed by atoms with Crippen molar-refractivity contribution >= 4 is 36.0 Å². The molecule has 1 amide bonds. The second-order valence-electron chi connectivity index (χ2n) is 7.68. The molecule has 168 valence electrons. The van der Waals surface area contributed by atoms with Crippen molar-refractivity contribution in [1.29, 1.82) is 0 Å². The van der Waals surface area contributed by atoms with Gasteiger partial charge in [0.2, 0.25) is 0 Å². The number of carbonyl (C=O) groups is 1. The Morgan fingerprint density at radius 3 is 2.73 bits per heavy atom. The molecule has 8 heteroatoms. The number of amides is 1. The van der Waals surface area contributed by atoms with E-state index in [1.165, 1.54) is 24.7 Å². The highest BCUT2D eigenvalue weighted by Crippen LogP contribution is 2.32. The number of aryl methyl sites for hydroxylation is 1. The number of fused-ring (bicyclic) bond motifs is 1. The number of likely N-dealkylation sites (tertiary alicyclic amines) is 1. The SMILES string of the molecule is CN=C(NCCCOC1CCCc2ccccc21)NC1CCN(C(=O)OC)CC1.I. The van der Waals surface area contributed by atoms with Gasteiger partial charge in [-0.15, -0.1) is 24.0 Å². The monoisotopic (exact) mass is 530 g/mol. The van der Waals surface area contributed by atoms with Crippen molar-refractivity contribution in [2.24, 2.45) is 4.99 Å². The zero-order chi connectivity index (χ0) is 20.5. The summed E-state index contributed by atoms with van der Waals surface area (Å²) in [6.45, 7) is 2.96. The Morgan fingerprint density at radius 2 is 2.00 bits per heavy atom. The predicted octanol–water partition coefficient (Wildman–Crippen LogP) is 3.48. The number of halogens is 1. The number of nitrogens with zero attached hydrogens (tertiary/aromatic N) is 2. The number of methoxy groups -OCH3 is 1. The minimum atomic E-state index is -0.244. The lowest BCUT2D eigenvalue weighted by Gasteiger charge is -2.32. The lowest BCUT2D eigenvalue weighted by atomic mass is 9.89. The molecule has 2 N–H and O–H groups in total. The van der Waals surface area contributed by atoms with Crippen LogP contribution in [0.5, 0.6) is 0 Å². The predicted molar refractivity (Wildman–Crippen MR) is 130 cm³/mol. The number of carbonyl (C=O) groups excluding carboxylic acids is 1. The molecule has 0 radical (unpaired) electrons. The Morgan fingerprint density at radius 1 is 1.23 bits per heavy atom. The minimum Gasteiger partial charge on any atom is -0.453 e. The van der Waals surface area contributed by atoms with E-state index in [0.717, 1.165) is 51.2 Å². The summed E-state index contributed by atoms with van der Waals surface area (Å²) in [6, 6.07) is 8.96. The lowest BCUT2D eigenvalue weighted by Crippen LogP contribution is -2.49. The van der Waals surface area contributed by atoms with Gasteiger partial charge in [-0.3, -0.25) is 4.99 Å². The molecule has 1 aliphatic heterocycles. The first-order chi connectivity index (χ1) is 14.2. The van der Waals surface area contributed by atoms with Crippen molar-refractivity contribution in [3.63, 3.8) is 0 Å². The zero-order valence-electron chi connectivity index (χ0n) is 18.1. The highest BCUT2D eigenvalue weighted by atomic mass is 127. The normalized spacial score (nSPS) is 19.5. The van der Waals surface area contributed by atoms with Crippen LogP contribution in [-0.2, 0) is 15.9 Å². The molecule has 2 aliphatic rings. The largest absolute Gasteiger partial charge is 0.453 e. The molecule has 1 aliphatic carbocycles. The molecule has 30 heavy (non-hydrogen) atoms. The number of benzene rings is 1. The summed E-state index contributed by atoms with van der Waals surface area (Å²) < 4.78 is 11.0. The third kappa shape index (κ3) is 7.01. The van der Waals surface area contributed by atoms with Crippen molar-refractivity contribution in [1.82, 2.24) is 15.5 Å². The van der Waals surface area contributed by atoms with Crippen molar-refractivity contribution in [3.8, 4) is 0 Å². The highest BCUT2D eigenvalue weighted by molar-refractivity contribution is 14.0. The summed E-state index contributed by atoms with van der Waals surface area (Å²) in [5, 5.41) is 6.83. The fourth-order valence-corrected chi connectivity index (χ4v) is 4.11. The number of rotatable bonds is 6. The van der Waals surface area contributed by atoms with Gasteiger partial charge in [-0.1, -0.05) is 24.3 Å². The Hall–Kier alpha value is -1.55. The van der Waals surface area contributed by atoms with Crippen LogP contribution in [0.1, 0.15) is 49.3 Å². The van der Waals surface area contributed by atoms with Gasteiger partial charge in [-0.25, -0.2) is 4.79 Å². The Bertz CT molecular complexity index is 693. The molecule has 1 unspecified atom stereocenters. The Labute approximate surface area is 197 Å². The molecule has 1 saturated heterocycles. The molecule has 3 rings (SSSR count). The standard InChI is InChI=1S/C22H34N4O3.HI/c1-23-21(25-18-11-14-26(15-12-18)22(27)28-2)24-13-6-16-29-20-10-5-8-17-7-3-4-9-19(17)20;/h3-4,7,9,18,20H,5-6,8,10-16H2,1-2H3,(H2,23,24,25);1H. The third-order valence-electron chi connectivity index (χ3n) is 5.74. The van der Waals surface area contributed by atoms with Gasteiger partial charge in [0.1, 0.15) is 0 Å². The highest BCUT2D eigenvalue weighted by Gasteiger charge is 2.23. The first-order valence-electron chi connectivity index (χ1n) is 10.7. The maximum atomic E-state index is 11.6. The van der Waals surface area contributed by atoms with Gasteiger partial charge in [0.05, 0.1) is 13.2 Å². The third-order valence-corrected chi connectivity index (χ3v) is 5.74. The minimum absolute atomic E-state index is 0. The van der Waals surface area contributed by atoms with Gasteiger partial charge in [-0.2, -0.15) is 0 Å². The molecule has 0 spiro atoms. The van der Waals surface area contributed by atoms with E-state index in [9.17, 15) is 4.79 Å². The first kappa shape index (κ1) is 24.7. The van der Waals surface area contributed by atoms with E-state index in [1.807, 2.05) is 0 Å². The summed E-state index contributed by atoms with van der Waals surface area (Å²) in [5.74, 6) is 0.810. The van der Waals surface area contributed by atoms with E-state index in [-0.39, 0.29) is 36.2 Å². The van der Waals surface area contributed by atoms with Crippen LogP contribution in [-0.4, -0.2) is 63.4 Å². The van der Waals surface area contributed by atoms with Crippen LogP contribution in [0.3, 0.4) is 0 Å². The molecule has 1 atom stereocenters. The van der Waals surface area contributed by atoms with Gasteiger partial charge in [0.15, 0.2) is 5.96 Å². The molecule has 7 nitrogen and oxygen atoms in total. The average Bonchev–Trinajstić information content (AvgIpc) is 2.78. The first-order valence-corrected chi connectivity index (χ1v) is 10.7. The number of piperidine rings is 1. The molecule has 0 saturated carbocycles. The van der Waals surface area contributed by atoms with Crippen LogP contribution in [0.25, 0.3) is 0 Å². The van der Waals surface area contributed by atoms with Crippen LogP contribution < -0.4 is 10.6 Å². The zero-order valence-corrected chi connectivity index (χ0v) is 20.4. The average molecular weight is 530 g/mol. The summed E-state index contributed by atoms with van der Waals surface area (Å²) in [7, 11) is 3.21. The van der Waals surface area contributed by atoms with Crippen LogP contribution in [0.4, 0.5) is 4.79 Å². The number of nitrogens with one attached hydrogen (secondary N) is 2. The summed E-state index contributed by atoms with van der Waals surface area (Å²) in [4.78, 5) is 17.6. The lowest BCUT2D eigenvalue weighted by molar-refractivity contribution is 0.0398. The quantitative estimate of drug-likeness (QED) is 0.255. The summed E-state index contributed by atoms with van der Waals surface area (Å²) >= 11 is 0. The van der Waals surface area contributed by atoms with Crippen molar-refractivity contribution in [2.75, 3.05) is 40.4 Å². The molecule has 1 aromatic carbocycles. The molecule has 1 fully saturated rings. The number of ether oxygens (including phenoxy) is 2. The Balaban J connectivity index is 0.00000320. The van der Waals surface area contributed by atoms with Crippen LogP contribution >= 0.6 is 24.0 Å². The van der Waals surface area contributed by atoms with E-state index >= 15 is 0 Å². The van der Waals surface area contributed by atoms with Crippen LogP contribution in [0, 0.1) is 0 Å². The number of hydrogen-bond acceptors (Lipinski definition) is 4. The topological polar surface area (TPSA) is 75.2 Å². The van der Waals surface area contributed by atoms with E-state index in [1.54, 1.807) is 11.9 Å². The second kappa shape index (κ2) is 13.0. The number of guanidine groups is 1. The van der Waals surface area contributed by atoms with Crippen LogP contribution in [0.2, 0.25) is 0 Å². The summed E-state index contributed by atoms with van der Waals surface area (Å²) in [6.07, 6.45) is 6.17. The van der Waals surface area contributed by atoms with Crippen molar-refractivity contribution in [3.05, 3.63) is 35.4 Å². The van der Waals surface area contributed by atoms with Gasteiger partial charge in [0, 0.05) is 39.3 Å². The van der Waals surface area contributed by atoms with E-state index in [2.05, 4.69) is 39.9 Å². The van der Waals surface area contributed by atoms with Crippen molar-refractivity contribution < 1.29 is 14.3 Å². The molecule has 1 heterocycles. The molecule has 1 aromatic rings. The van der Waals surface area contributed by atoms with Gasteiger partial charge < -0.3 is 25.0 Å². The molecule has 0 bridgehead atoms. The smallest absolute Gasteiger partial charge is 0.409 e. The fraction of sp³-hybridized carbons (Fsp3) is 0.636. The maximum Gasteiger partial charge on any atom is 0.409 e. The second-order valence-corrected chi connectivity index (χ2v) is 7.68. The number of aliphatic imine (C=N–C) groups is 1. The molecular formula is C22H35IN4O3. The molecule has 0 aromatic heterocycles. The fourth-order valence-electron chi connectivity index (χ4n) is 4.11. The van der Waals surface area contributed by atoms with E-state index < -0.39 is 0 Å². The van der Waals surface area contributed by atoms with Gasteiger partial charge in [0.25, 0.3) is 0 Å². The summed E-state index contributed by atoms with van der Waals surface area (Å²) in [5.41, 5.74) is 2.80. The van der Waals surface area contributed by atoms with E-state index in [0.29, 0.717) is 19.1 Å². The van der Waals surface area contributed by atoms with Gasteiger partial charge in [-0.05, 0) is 49.7 Å². The van der Waals surface area contributed by atoms with Gasteiger partial charge >= 0.3 is 6.09 Å². The van der Waals surface area contributed by atoms with Crippen molar-refractivity contribution in [2.45, 2.75) is 50.7 Å². The maximum absolute atomic E-state index is 11.6. The molecular weight excluding hydrogens is 495 g/mol. The van der Waals surface area contributed by atoms with Crippen LogP contribution in [0.15, 0.2) is 29.3 Å².